The summed E-state index contributed by atoms with van der Waals surface area (Å²) in [7, 11) is 4.11. The summed E-state index contributed by atoms with van der Waals surface area (Å²) in [6.45, 7) is 2.08. The molecule has 0 saturated carbocycles. The van der Waals surface area contributed by atoms with Gasteiger partial charge in [0.2, 0.25) is 0 Å². The molecule has 0 amide bonds. The lowest BCUT2D eigenvalue weighted by Gasteiger charge is -2.12. The topological polar surface area (TPSA) is 3.24 Å². The first-order chi connectivity index (χ1) is 5.74. The van der Waals surface area contributed by atoms with Gasteiger partial charge in [0.05, 0.1) is 0 Å². The van der Waals surface area contributed by atoms with Gasteiger partial charge in [0.1, 0.15) is 0 Å². The zero-order chi connectivity index (χ0) is 8.97. The molecule has 0 fully saturated rings. The Hall–Kier alpha value is -0.980. The molecule has 0 bridgehead atoms. The number of benzene rings is 1. The molecule has 0 atom stereocenters. The van der Waals surface area contributed by atoms with Gasteiger partial charge >= 0.3 is 0 Å². The second-order valence-corrected chi connectivity index (χ2v) is 3.17. The molecular weight excluding hydrogens is 146 g/mol. The lowest BCUT2D eigenvalue weighted by atomic mass is 10.1. The van der Waals surface area contributed by atoms with Crippen LogP contribution in [0, 0.1) is 6.42 Å². The van der Waals surface area contributed by atoms with Gasteiger partial charge in [-0.05, 0) is 30.5 Å². The molecule has 0 aliphatic rings. The predicted molar refractivity (Wildman–Crippen MR) is 54.4 cm³/mol. The summed E-state index contributed by atoms with van der Waals surface area (Å²) in [5.74, 6) is 0. The Balaban J connectivity index is 2.71. The second kappa shape index (κ2) is 4.15. The molecule has 65 valence electrons. The fourth-order valence-corrected chi connectivity index (χ4v) is 1.17. The molecule has 1 rings (SSSR count). The Bertz CT molecular complexity index is 223. The van der Waals surface area contributed by atoms with E-state index in [1.54, 1.807) is 0 Å². The number of nitrogens with zero attached hydrogens (tertiary/aromatic N) is 1. The molecule has 0 heterocycles. The monoisotopic (exact) mass is 162 g/mol. The first-order valence-corrected chi connectivity index (χ1v) is 4.28. The molecule has 0 spiro atoms. The minimum absolute atomic E-state index is 1.06. The summed E-state index contributed by atoms with van der Waals surface area (Å²) in [6.07, 6.45) is 3.23. The molecule has 0 aliphatic heterocycles. The van der Waals surface area contributed by atoms with E-state index >= 15 is 0 Å². The first kappa shape index (κ1) is 9.11. The summed E-state index contributed by atoms with van der Waals surface area (Å²) >= 11 is 0. The van der Waals surface area contributed by atoms with Crippen LogP contribution in [-0.2, 0) is 6.42 Å². The van der Waals surface area contributed by atoms with Crippen LogP contribution in [0.2, 0.25) is 0 Å². The van der Waals surface area contributed by atoms with Crippen molar-refractivity contribution in [2.24, 2.45) is 0 Å². The Morgan fingerprint density at radius 3 is 2.17 bits per heavy atom. The van der Waals surface area contributed by atoms with Crippen LogP contribution >= 0.6 is 0 Å². The van der Waals surface area contributed by atoms with Crippen LogP contribution < -0.4 is 4.90 Å². The van der Waals surface area contributed by atoms with E-state index in [9.17, 15) is 0 Å². The standard InChI is InChI=1S/C11H16N/c1-4-5-10-6-8-11(9-7-10)12(2)3/h4,6-9H,5H2,1-3H3. The van der Waals surface area contributed by atoms with Crippen molar-refractivity contribution < 1.29 is 0 Å². The largest absolute Gasteiger partial charge is 0.378 e. The fraction of sp³-hybridized carbons (Fsp3) is 0.364. The highest BCUT2D eigenvalue weighted by Crippen LogP contribution is 2.12. The van der Waals surface area contributed by atoms with Gasteiger partial charge in [0, 0.05) is 19.8 Å². The average Bonchev–Trinajstić information content (AvgIpc) is 2.06. The smallest absolute Gasteiger partial charge is 0.0361 e. The third kappa shape index (κ3) is 2.26. The van der Waals surface area contributed by atoms with Crippen molar-refractivity contribution in [3.63, 3.8) is 0 Å². The third-order valence-electron chi connectivity index (χ3n) is 1.89. The molecule has 1 aromatic rings. The van der Waals surface area contributed by atoms with E-state index in [4.69, 9.17) is 0 Å². The summed E-state index contributed by atoms with van der Waals surface area (Å²) in [4.78, 5) is 2.11. The highest BCUT2D eigenvalue weighted by Gasteiger charge is 1.94. The van der Waals surface area contributed by atoms with E-state index < -0.39 is 0 Å². The summed E-state index contributed by atoms with van der Waals surface area (Å²) in [6, 6.07) is 8.66. The van der Waals surface area contributed by atoms with Crippen LogP contribution in [-0.4, -0.2) is 14.1 Å². The molecule has 1 nitrogen and oxygen atoms in total. The second-order valence-electron chi connectivity index (χ2n) is 3.17. The zero-order valence-electron chi connectivity index (χ0n) is 8.04. The minimum atomic E-state index is 1.06. The van der Waals surface area contributed by atoms with Gasteiger partial charge in [0.15, 0.2) is 0 Å². The number of hydrogen-bond donors (Lipinski definition) is 0. The Morgan fingerprint density at radius 1 is 1.17 bits per heavy atom. The Labute approximate surface area is 75.0 Å². The van der Waals surface area contributed by atoms with Crippen molar-refractivity contribution in [3.05, 3.63) is 36.2 Å². The van der Waals surface area contributed by atoms with Crippen molar-refractivity contribution in [3.8, 4) is 0 Å². The van der Waals surface area contributed by atoms with Crippen LogP contribution in [0.25, 0.3) is 0 Å². The van der Waals surface area contributed by atoms with Gasteiger partial charge in [-0.15, -0.1) is 0 Å². The maximum Gasteiger partial charge on any atom is 0.0361 e. The maximum absolute atomic E-state index is 2.18. The molecule has 1 radical (unpaired) electrons. The summed E-state index contributed by atoms with van der Waals surface area (Å²) in [5, 5.41) is 0. The van der Waals surface area contributed by atoms with E-state index in [2.05, 4.69) is 56.6 Å². The predicted octanol–water partition coefficient (Wildman–Crippen LogP) is 2.52. The zero-order valence-corrected chi connectivity index (χ0v) is 8.04. The van der Waals surface area contributed by atoms with E-state index in [-0.39, 0.29) is 0 Å². The van der Waals surface area contributed by atoms with Crippen molar-refractivity contribution in [1.82, 2.24) is 0 Å². The number of hydrogen-bond acceptors (Lipinski definition) is 1. The van der Waals surface area contributed by atoms with Gasteiger partial charge < -0.3 is 4.90 Å². The van der Waals surface area contributed by atoms with Crippen molar-refractivity contribution in [2.75, 3.05) is 19.0 Å². The third-order valence-corrected chi connectivity index (χ3v) is 1.89. The normalized spacial score (nSPS) is 9.92. The molecule has 0 unspecified atom stereocenters. The van der Waals surface area contributed by atoms with Gasteiger partial charge in [-0.1, -0.05) is 19.1 Å². The lowest BCUT2D eigenvalue weighted by Crippen LogP contribution is -2.08. The van der Waals surface area contributed by atoms with E-state index in [1.165, 1.54) is 11.3 Å². The summed E-state index contributed by atoms with van der Waals surface area (Å²) in [5.41, 5.74) is 2.64. The van der Waals surface area contributed by atoms with Crippen molar-refractivity contribution in [2.45, 2.75) is 13.3 Å². The molecule has 0 N–H and O–H groups in total. The number of anilines is 1. The van der Waals surface area contributed by atoms with E-state index in [0.717, 1.165) is 6.42 Å². The van der Waals surface area contributed by atoms with Gasteiger partial charge in [-0.2, -0.15) is 0 Å². The van der Waals surface area contributed by atoms with Crippen LogP contribution in [0.1, 0.15) is 12.5 Å². The highest BCUT2D eigenvalue weighted by atomic mass is 15.1. The van der Waals surface area contributed by atoms with E-state index in [0.29, 0.717) is 0 Å². The molecule has 0 aliphatic carbocycles. The van der Waals surface area contributed by atoms with Crippen LogP contribution in [0.15, 0.2) is 24.3 Å². The van der Waals surface area contributed by atoms with Crippen molar-refractivity contribution in [1.29, 1.82) is 0 Å². The van der Waals surface area contributed by atoms with Crippen LogP contribution in [0.4, 0.5) is 5.69 Å². The molecule has 12 heavy (non-hydrogen) atoms. The van der Waals surface area contributed by atoms with Crippen LogP contribution in [0.5, 0.6) is 0 Å². The molecule has 1 aromatic carbocycles. The van der Waals surface area contributed by atoms with Crippen molar-refractivity contribution >= 4 is 5.69 Å². The fourth-order valence-electron chi connectivity index (χ4n) is 1.17. The molecular formula is C11H16N. The minimum Gasteiger partial charge on any atom is -0.378 e. The Morgan fingerprint density at radius 2 is 1.75 bits per heavy atom. The van der Waals surface area contributed by atoms with Gasteiger partial charge in [-0.3, -0.25) is 0 Å². The molecule has 1 heteroatoms. The van der Waals surface area contributed by atoms with Crippen LogP contribution in [0.3, 0.4) is 0 Å². The average molecular weight is 162 g/mol. The van der Waals surface area contributed by atoms with Gasteiger partial charge in [-0.25, -0.2) is 0 Å². The van der Waals surface area contributed by atoms with E-state index in [1.807, 2.05) is 0 Å². The molecule has 0 saturated heterocycles. The maximum atomic E-state index is 2.18. The lowest BCUT2D eigenvalue weighted by molar-refractivity contribution is 1.11. The SMILES string of the molecule is C[CH]Cc1ccc(N(C)C)cc1. The summed E-state index contributed by atoms with van der Waals surface area (Å²) < 4.78 is 0. The molecule has 0 aromatic heterocycles. The van der Waals surface area contributed by atoms with Gasteiger partial charge in [0.25, 0.3) is 0 Å². The highest BCUT2D eigenvalue weighted by molar-refractivity contribution is 5.46. The number of rotatable bonds is 3. The Kier molecular flexibility index (Phi) is 3.15. The quantitative estimate of drug-likeness (QED) is 0.660. The first-order valence-electron chi connectivity index (χ1n) is 4.28.